The minimum atomic E-state index is 0.0284. The molecule has 1 heterocycles. The molecule has 4 nitrogen and oxygen atoms in total. The highest BCUT2D eigenvalue weighted by molar-refractivity contribution is 6.03. The summed E-state index contributed by atoms with van der Waals surface area (Å²) >= 11 is 0. The molecule has 0 saturated heterocycles. The van der Waals surface area contributed by atoms with Crippen molar-refractivity contribution in [3.63, 3.8) is 0 Å². The summed E-state index contributed by atoms with van der Waals surface area (Å²) in [7, 11) is 0. The Balaban J connectivity index is 2.28. The summed E-state index contributed by atoms with van der Waals surface area (Å²) in [5, 5.41) is 0. The van der Waals surface area contributed by atoms with Gasteiger partial charge in [0.15, 0.2) is 5.78 Å². The van der Waals surface area contributed by atoms with Gasteiger partial charge in [0.2, 0.25) is 5.91 Å². The molecule has 0 aromatic heterocycles. The number of rotatable bonds is 4. The molecule has 4 heteroatoms. The largest absolute Gasteiger partial charge is 0.330 e. The third kappa shape index (κ3) is 2.22. The zero-order chi connectivity index (χ0) is 12.4. The molecular formula is C13H16N2O2. The Kier molecular flexibility index (Phi) is 3.24. The fraction of sp³-hybridized carbons (Fsp3) is 0.385. The van der Waals surface area contributed by atoms with Gasteiger partial charge in [-0.2, -0.15) is 0 Å². The maximum absolute atomic E-state index is 11.8. The highest BCUT2D eigenvalue weighted by atomic mass is 16.2. The number of fused-ring (bicyclic) bond motifs is 1. The zero-order valence-electron chi connectivity index (χ0n) is 9.90. The zero-order valence-corrected chi connectivity index (χ0v) is 9.90. The van der Waals surface area contributed by atoms with E-state index in [9.17, 15) is 9.59 Å². The van der Waals surface area contributed by atoms with E-state index < -0.39 is 0 Å². The highest BCUT2D eigenvalue weighted by Gasteiger charge is 2.26. The van der Waals surface area contributed by atoms with Gasteiger partial charge in [-0.05, 0) is 43.7 Å². The molecule has 0 atom stereocenters. The lowest BCUT2D eigenvalue weighted by molar-refractivity contribution is -0.117. The Morgan fingerprint density at radius 3 is 2.88 bits per heavy atom. The van der Waals surface area contributed by atoms with Gasteiger partial charge in [-0.15, -0.1) is 0 Å². The van der Waals surface area contributed by atoms with Crippen molar-refractivity contribution in [1.82, 2.24) is 0 Å². The Labute approximate surface area is 100 Å². The molecule has 2 N–H and O–H groups in total. The van der Waals surface area contributed by atoms with E-state index in [0.717, 1.165) is 17.7 Å². The van der Waals surface area contributed by atoms with Crippen LogP contribution in [0.25, 0.3) is 0 Å². The van der Waals surface area contributed by atoms with Crippen LogP contribution in [0.15, 0.2) is 18.2 Å². The van der Waals surface area contributed by atoms with Crippen molar-refractivity contribution in [1.29, 1.82) is 0 Å². The maximum Gasteiger partial charge on any atom is 0.231 e. The van der Waals surface area contributed by atoms with Gasteiger partial charge in [-0.3, -0.25) is 9.59 Å². The van der Waals surface area contributed by atoms with E-state index in [0.29, 0.717) is 25.1 Å². The van der Waals surface area contributed by atoms with Crippen molar-refractivity contribution >= 4 is 17.4 Å². The fourth-order valence-electron chi connectivity index (χ4n) is 2.10. The smallest absolute Gasteiger partial charge is 0.231 e. The molecule has 17 heavy (non-hydrogen) atoms. The Hall–Kier alpha value is -1.68. The van der Waals surface area contributed by atoms with Gasteiger partial charge >= 0.3 is 0 Å². The molecule has 0 radical (unpaired) electrons. The van der Waals surface area contributed by atoms with Crippen molar-refractivity contribution in [2.24, 2.45) is 5.73 Å². The number of hydrogen-bond acceptors (Lipinski definition) is 3. The number of hydrogen-bond donors (Lipinski definition) is 1. The molecule has 2 rings (SSSR count). The second-order valence-corrected chi connectivity index (χ2v) is 4.26. The molecule has 1 aromatic carbocycles. The number of carbonyl (C=O) groups is 2. The molecule has 0 aliphatic carbocycles. The van der Waals surface area contributed by atoms with Crippen molar-refractivity contribution < 1.29 is 9.59 Å². The number of nitrogens with zero attached hydrogens (tertiary/aromatic N) is 1. The van der Waals surface area contributed by atoms with E-state index in [1.165, 1.54) is 6.92 Å². The van der Waals surface area contributed by atoms with E-state index in [4.69, 9.17) is 5.73 Å². The second-order valence-electron chi connectivity index (χ2n) is 4.26. The van der Waals surface area contributed by atoms with Crippen LogP contribution in [0.5, 0.6) is 0 Å². The standard InChI is InChI=1S/C13H16N2O2/c1-9(16)10-3-4-12-11(7-10)8-13(17)15(12)6-2-5-14/h3-4,7H,2,5-6,8,14H2,1H3. The molecule has 1 aromatic rings. The molecule has 0 spiro atoms. The first kappa shape index (κ1) is 11.8. The van der Waals surface area contributed by atoms with Crippen LogP contribution in [-0.2, 0) is 11.2 Å². The summed E-state index contributed by atoms with van der Waals surface area (Å²) in [5.41, 5.74) is 7.99. The number of amides is 1. The van der Waals surface area contributed by atoms with Crippen molar-refractivity contribution in [2.75, 3.05) is 18.0 Å². The lowest BCUT2D eigenvalue weighted by atomic mass is 10.1. The molecular weight excluding hydrogens is 216 g/mol. The average molecular weight is 232 g/mol. The first-order chi connectivity index (χ1) is 8.13. The van der Waals surface area contributed by atoms with Crippen LogP contribution in [0, 0.1) is 0 Å². The summed E-state index contributed by atoms with van der Waals surface area (Å²) in [6.07, 6.45) is 1.18. The molecule has 0 saturated carbocycles. The van der Waals surface area contributed by atoms with Crippen LogP contribution in [0.3, 0.4) is 0 Å². The van der Waals surface area contributed by atoms with Crippen molar-refractivity contribution in [3.8, 4) is 0 Å². The number of benzene rings is 1. The van der Waals surface area contributed by atoms with Crippen molar-refractivity contribution in [2.45, 2.75) is 19.8 Å². The molecule has 1 amide bonds. The Bertz CT molecular complexity index is 468. The van der Waals surface area contributed by atoms with Gasteiger partial charge in [0, 0.05) is 17.8 Å². The van der Waals surface area contributed by atoms with Gasteiger partial charge in [0.1, 0.15) is 0 Å². The molecule has 0 fully saturated rings. The number of ketones is 1. The molecule has 1 aliphatic rings. The summed E-state index contributed by atoms with van der Waals surface area (Å²) in [6, 6.07) is 5.45. The van der Waals surface area contributed by atoms with Gasteiger partial charge in [-0.25, -0.2) is 0 Å². The minimum absolute atomic E-state index is 0.0284. The summed E-state index contributed by atoms with van der Waals surface area (Å²) < 4.78 is 0. The number of Topliss-reactive ketones (excluding diaryl/α,β-unsaturated/α-hetero) is 1. The lowest BCUT2D eigenvalue weighted by Crippen LogP contribution is -2.29. The van der Waals surface area contributed by atoms with Gasteiger partial charge in [-0.1, -0.05) is 0 Å². The predicted molar refractivity (Wildman–Crippen MR) is 66.2 cm³/mol. The van der Waals surface area contributed by atoms with Crippen LogP contribution in [0.4, 0.5) is 5.69 Å². The molecule has 1 aliphatic heterocycles. The first-order valence-electron chi connectivity index (χ1n) is 5.78. The molecule has 90 valence electrons. The number of nitrogens with two attached hydrogens (primary N) is 1. The van der Waals surface area contributed by atoms with Gasteiger partial charge < -0.3 is 10.6 Å². The predicted octanol–water partition coefficient (Wildman–Crippen LogP) is 1.13. The second kappa shape index (κ2) is 4.67. The molecule has 0 bridgehead atoms. The minimum Gasteiger partial charge on any atom is -0.330 e. The number of anilines is 1. The third-order valence-corrected chi connectivity index (χ3v) is 3.01. The Morgan fingerprint density at radius 1 is 1.47 bits per heavy atom. The fourth-order valence-corrected chi connectivity index (χ4v) is 2.10. The lowest BCUT2D eigenvalue weighted by Gasteiger charge is -2.16. The summed E-state index contributed by atoms with van der Waals surface area (Å²) in [4.78, 5) is 24.8. The van der Waals surface area contributed by atoms with E-state index in [2.05, 4.69) is 0 Å². The normalized spacial score (nSPS) is 14.0. The van der Waals surface area contributed by atoms with Gasteiger partial charge in [0.25, 0.3) is 0 Å². The monoisotopic (exact) mass is 232 g/mol. The van der Waals surface area contributed by atoms with Crippen LogP contribution >= 0.6 is 0 Å². The first-order valence-corrected chi connectivity index (χ1v) is 5.78. The van der Waals surface area contributed by atoms with E-state index in [-0.39, 0.29) is 11.7 Å². The van der Waals surface area contributed by atoms with E-state index in [1.54, 1.807) is 11.0 Å². The average Bonchev–Trinajstić information content (AvgIpc) is 2.61. The molecule has 0 unspecified atom stereocenters. The van der Waals surface area contributed by atoms with Gasteiger partial charge in [0.05, 0.1) is 6.42 Å². The van der Waals surface area contributed by atoms with E-state index in [1.807, 2.05) is 12.1 Å². The van der Waals surface area contributed by atoms with Crippen molar-refractivity contribution in [3.05, 3.63) is 29.3 Å². The highest BCUT2D eigenvalue weighted by Crippen LogP contribution is 2.29. The maximum atomic E-state index is 11.8. The topological polar surface area (TPSA) is 63.4 Å². The SMILES string of the molecule is CC(=O)c1ccc2c(c1)CC(=O)N2CCCN. The summed E-state index contributed by atoms with van der Waals surface area (Å²) in [5.74, 6) is 0.120. The Morgan fingerprint density at radius 2 is 2.24 bits per heavy atom. The third-order valence-electron chi connectivity index (χ3n) is 3.01. The van der Waals surface area contributed by atoms with E-state index >= 15 is 0 Å². The summed E-state index contributed by atoms with van der Waals surface area (Å²) in [6.45, 7) is 2.76. The number of carbonyl (C=O) groups excluding carboxylic acids is 2. The quantitative estimate of drug-likeness (QED) is 0.791. The van der Waals surface area contributed by atoms with Crippen LogP contribution in [0.1, 0.15) is 29.3 Å². The van der Waals surface area contributed by atoms with Crippen LogP contribution in [0.2, 0.25) is 0 Å². The van der Waals surface area contributed by atoms with Crippen LogP contribution in [-0.4, -0.2) is 24.8 Å². The van der Waals surface area contributed by atoms with Crippen LogP contribution < -0.4 is 10.6 Å².